The molecular formula is C15H16N2O3. The summed E-state index contributed by atoms with van der Waals surface area (Å²) in [6.07, 6.45) is 3.96. The number of aromatic nitrogens is 2. The third kappa shape index (κ3) is 2.93. The monoisotopic (exact) mass is 272 g/mol. The van der Waals surface area contributed by atoms with Crippen LogP contribution in [-0.4, -0.2) is 15.3 Å². The van der Waals surface area contributed by atoms with Crippen LogP contribution < -0.4 is 11.2 Å². The van der Waals surface area contributed by atoms with E-state index < -0.39 is 5.69 Å². The summed E-state index contributed by atoms with van der Waals surface area (Å²) in [7, 11) is 0. The van der Waals surface area contributed by atoms with Crippen LogP contribution in [0.1, 0.15) is 19.8 Å². The number of para-hydroxylation sites is 1. The highest BCUT2D eigenvalue weighted by Gasteiger charge is 2.07. The molecule has 0 bridgehead atoms. The van der Waals surface area contributed by atoms with Crippen LogP contribution >= 0.6 is 0 Å². The molecule has 5 heteroatoms. The van der Waals surface area contributed by atoms with E-state index in [1.807, 2.05) is 0 Å². The van der Waals surface area contributed by atoms with E-state index >= 15 is 0 Å². The Balaban J connectivity index is 2.25. The van der Waals surface area contributed by atoms with Crippen molar-refractivity contribution in [3.63, 3.8) is 0 Å². The summed E-state index contributed by atoms with van der Waals surface area (Å²) in [5, 5.41) is 0.479. The third-order valence-corrected chi connectivity index (χ3v) is 3.05. The van der Waals surface area contributed by atoms with Crippen molar-refractivity contribution in [3.05, 3.63) is 57.3 Å². The number of hydrogen-bond acceptors (Lipinski definition) is 3. The Hall–Kier alpha value is -2.43. The average molecular weight is 272 g/mol. The van der Waals surface area contributed by atoms with E-state index in [9.17, 15) is 14.4 Å². The van der Waals surface area contributed by atoms with Crippen LogP contribution in [0.2, 0.25) is 0 Å². The molecule has 0 aliphatic carbocycles. The summed E-state index contributed by atoms with van der Waals surface area (Å²) in [5.74, 6) is -0.00207. The summed E-state index contributed by atoms with van der Waals surface area (Å²) in [4.78, 5) is 38.1. The standard InChI is InChI=1S/C15H16N2O3/c1-2-6-11(18)7-5-10-17-14(19)12-8-3-4-9-13(12)16-15(17)20/h2-4,6,8-9H,5,7,10H2,1H3,(H,16,20)/b6-2+. The number of allylic oxidation sites excluding steroid dienone is 2. The first-order valence-corrected chi connectivity index (χ1v) is 6.51. The maximum atomic E-state index is 12.2. The van der Waals surface area contributed by atoms with Crippen molar-refractivity contribution < 1.29 is 4.79 Å². The summed E-state index contributed by atoms with van der Waals surface area (Å²) in [5.41, 5.74) is -0.223. The quantitative estimate of drug-likeness (QED) is 0.841. The van der Waals surface area contributed by atoms with Gasteiger partial charge in [0, 0.05) is 13.0 Å². The SMILES string of the molecule is C/C=C/C(=O)CCCn1c(=O)[nH]c2ccccc2c1=O. The molecule has 2 rings (SSSR count). The average Bonchev–Trinajstić information content (AvgIpc) is 2.43. The Morgan fingerprint density at radius 3 is 2.80 bits per heavy atom. The zero-order chi connectivity index (χ0) is 14.5. The molecule has 1 aromatic carbocycles. The molecule has 5 nitrogen and oxygen atoms in total. The number of aromatic amines is 1. The largest absolute Gasteiger partial charge is 0.328 e. The van der Waals surface area contributed by atoms with Crippen LogP contribution in [-0.2, 0) is 11.3 Å². The fourth-order valence-corrected chi connectivity index (χ4v) is 2.08. The normalized spacial score (nSPS) is 11.2. The van der Waals surface area contributed by atoms with Crippen LogP contribution in [0.5, 0.6) is 0 Å². The van der Waals surface area contributed by atoms with Crippen molar-refractivity contribution in [1.29, 1.82) is 0 Å². The van der Waals surface area contributed by atoms with Crippen LogP contribution in [0.15, 0.2) is 46.0 Å². The number of carbonyl (C=O) groups is 1. The predicted molar refractivity (Wildman–Crippen MR) is 77.9 cm³/mol. The number of nitrogens with one attached hydrogen (secondary N) is 1. The van der Waals surface area contributed by atoms with Crippen molar-refractivity contribution >= 4 is 16.7 Å². The van der Waals surface area contributed by atoms with Gasteiger partial charge in [-0.3, -0.25) is 14.2 Å². The molecule has 1 N–H and O–H groups in total. The van der Waals surface area contributed by atoms with Gasteiger partial charge in [0.25, 0.3) is 5.56 Å². The lowest BCUT2D eigenvalue weighted by molar-refractivity contribution is -0.114. The molecule has 0 amide bonds. The van der Waals surface area contributed by atoms with Gasteiger partial charge in [-0.25, -0.2) is 4.79 Å². The van der Waals surface area contributed by atoms with Crippen molar-refractivity contribution in [2.45, 2.75) is 26.3 Å². The Kier molecular flexibility index (Phi) is 4.30. The van der Waals surface area contributed by atoms with Gasteiger partial charge in [0.1, 0.15) is 0 Å². The van der Waals surface area contributed by atoms with Gasteiger partial charge in [-0.15, -0.1) is 0 Å². The first-order chi connectivity index (χ1) is 9.63. The Bertz CT molecular complexity index is 769. The lowest BCUT2D eigenvalue weighted by Gasteiger charge is -2.05. The molecular weight excluding hydrogens is 256 g/mol. The van der Waals surface area contributed by atoms with Crippen molar-refractivity contribution in [2.75, 3.05) is 0 Å². The van der Waals surface area contributed by atoms with Crippen molar-refractivity contribution in [2.24, 2.45) is 0 Å². The molecule has 104 valence electrons. The number of fused-ring (bicyclic) bond motifs is 1. The number of hydrogen-bond donors (Lipinski definition) is 1. The van der Waals surface area contributed by atoms with E-state index in [0.29, 0.717) is 23.7 Å². The second kappa shape index (κ2) is 6.14. The van der Waals surface area contributed by atoms with Crippen molar-refractivity contribution in [1.82, 2.24) is 9.55 Å². The minimum absolute atomic E-state index is 0.00207. The number of rotatable bonds is 5. The van der Waals surface area contributed by atoms with Gasteiger partial charge in [0.05, 0.1) is 10.9 Å². The molecule has 0 unspecified atom stereocenters. The second-order valence-corrected chi connectivity index (χ2v) is 4.50. The lowest BCUT2D eigenvalue weighted by Crippen LogP contribution is -2.35. The molecule has 0 saturated carbocycles. The third-order valence-electron chi connectivity index (χ3n) is 3.05. The van der Waals surface area contributed by atoms with Gasteiger partial charge >= 0.3 is 5.69 Å². The molecule has 1 aromatic heterocycles. The van der Waals surface area contributed by atoms with Gasteiger partial charge < -0.3 is 4.98 Å². The predicted octanol–water partition coefficient (Wildman–Crippen LogP) is 1.62. The number of nitrogens with zero attached hydrogens (tertiary/aromatic N) is 1. The molecule has 0 fully saturated rings. The molecule has 0 aliphatic heterocycles. The molecule has 1 heterocycles. The van der Waals surface area contributed by atoms with E-state index in [0.717, 1.165) is 4.57 Å². The zero-order valence-electron chi connectivity index (χ0n) is 11.3. The first kappa shape index (κ1) is 14.0. The minimum Gasteiger partial charge on any atom is -0.307 e. The van der Waals surface area contributed by atoms with Gasteiger partial charge in [0.15, 0.2) is 5.78 Å². The number of benzene rings is 1. The van der Waals surface area contributed by atoms with E-state index in [2.05, 4.69) is 4.98 Å². The van der Waals surface area contributed by atoms with E-state index in [1.54, 1.807) is 37.3 Å². The van der Waals surface area contributed by atoms with E-state index in [-0.39, 0.29) is 17.9 Å². The Labute approximate surface area is 115 Å². The number of H-pyrrole nitrogens is 1. The molecule has 0 spiro atoms. The molecule has 20 heavy (non-hydrogen) atoms. The summed E-state index contributed by atoms with van der Waals surface area (Å²) >= 11 is 0. The zero-order valence-corrected chi connectivity index (χ0v) is 11.3. The Morgan fingerprint density at radius 2 is 2.05 bits per heavy atom. The highest BCUT2D eigenvalue weighted by atomic mass is 16.2. The smallest absolute Gasteiger partial charge is 0.307 e. The van der Waals surface area contributed by atoms with Gasteiger partial charge in [0.2, 0.25) is 0 Å². The number of ketones is 1. The molecule has 0 saturated heterocycles. The highest BCUT2D eigenvalue weighted by molar-refractivity contribution is 5.89. The fraction of sp³-hybridized carbons (Fsp3) is 0.267. The summed E-state index contributed by atoms with van der Waals surface area (Å²) in [6, 6.07) is 6.88. The Morgan fingerprint density at radius 1 is 1.30 bits per heavy atom. The maximum Gasteiger partial charge on any atom is 0.328 e. The lowest BCUT2D eigenvalue weighted by atomic mass is 10.2. The van der Waals surface area contributed by atoms with Crippen molar-refractivity contribution in [3.8, 4) is 0 Å². The molecule has 0 aliphatic rings. The minimum atomic E-state index is -0.438. The fourth-order valence-electron chi connectivity index (χ4n) is 2.08. The summed E-state index contributed by atoms with van der Waals surface area (Å²) < 4.78 is 1.14. The van der Waals surface area contributed by atoms with Gasteiger partial charge in [-0.1, -0.05) is 18.2 Å². The topological polar surface area (TPSA) is 71.9 Å². The van der Waals surface area contributed by atoms with Crippen LogP contribution in [0.4, 0.5) is 0 Å². The molecule has 0 atom stereocenters. The van der Waals surface area contributed by atoms with Gasteiger partial charge in [-0.2, -0.15) is 0 Å². The van der Waals surface area contributed by atoms with Crippen LogP contribution in [0.3, 0.4) is 0 Å². The summed E-state index contributed by atoms with van der Waals surface area (Å²) in [6.45, 7) is 2.01. The van der Waals surface area contributed by atoms with Gasteiger partial charge in [-0.05, 0) is 31.6 Å². The second-order valence-electron chi connectivity index (χ2n) is 4.50. The number of carbonyl (C=O) groups excluding carboxylic acids is 1. The molecule has 0 radical (unpaired) electrons. The first-order valence-electron chi connectivity index (χ1n) is 6.51. The molecule has 2 aromatic rings. The van der Waals surface area contributed by atoms with Crippen LogP contribution in [0.25, 0.3) is 10.9 Å². The van der Waals surface area contributed by atoms with Crippen LogP contribution in [0, 0.1) is 0 Å². The maximum absolute atomic E-state index is 12.2. The van der Waals surface area contributed by atoms with E-state index in [1.165, 1.54) is 6.08 Å². The highest BCUT2D eigenvalue weighted by Crippen LogP contribution is 2.03. The van der Waals surface area contributed by atoms with E-state index in [4.69, 9.17) is 0 Å².